The molecule has 1 aliphatic carbocycles. The molecule has 1 aliphatic rings. The highest BCUT2D eigenvalue weighted by atomic mass is 79.9. The molecule has 13 heavy (non-hydrogen) atoms. The van der Waals surface area contributed by atoms with Crippen LogP contribution in [-0.4, -0.2) is 11.0 Å². The van der Waals surface area contributed by atoms with Gasteiger partial charge in [0.2, 0.25) is 0 Å². The van der Waals surface area contributed by atoms with E-state index >= 15 is 0 Å². The topological polar surface area (TPSA) is 24.9 Å². The predicted molar refractivity (Wildman–Crippen MR) is 59.5 cm³/mol. The lowest BCUT2D eigenvalue weighted by Crippen LogP contribution is -2.16. The summed E-state index contributed by atoms with van der Waals surface area (Å²) in [6.45, 7) is 0.860. The molecule has 0 amide bonds. The molecule has 2 nitrogen and oxygen atoms in total. The monoisotopic (exact) mass is 304 g/mol. The standard InChI is InChI=1S/C9H10Br2N2/c10-6-3-8(11)9(13-4-6)5-12-7-1-2-7/h3-4,7,12H,1-2,5H2. The molecule has 2 rings (SSSR count). The highest BCUT2D eigenvalue weighted by Crippen LogP contribution is 2.22. The summed E-state index contributed by atoms with van der Waals surface area (Å²) in [7, 11) is 0. The molecule has 70 valence electrons. The minimum Gasteiger partial charge on any atom is -0.308 e. The summed E-state index contributed by atoms with van der Waals surface area (Å²) in [5, 5.41) is 3.43. The van der Waals surface area contributed by atoms with Gasteiger partial charge in [0.25, 0.3) is 0 Å². The normalized spacial score (nSPS) is 16.2. The third-order valence-electron chi connectivity index (χ3n) is 2.02. The third kappa shape index (κ3) is 2.76. The van der Waals surface area contributed by atoms with E-state index in [-0.39, 0.29) is 0 Å². The van der Waals surface area contributed by atoms with Gasteiger partial charge in [0.1, 0.15) is 0 Å². The van der Waals surface area contributed by atoms with Gasteiger partial charge in [-0.2, -0.15) is 0 Å². The molecule has 4 heteroatoms. The fourth-order valence-corrected chi connectivity index (χ4v) is 2.23. The van der Waals surface area contributed by atoms with Crippen molar-refractivity contribution in [3.63, 3.8) is 0 Å². The van der Waals surface area contributed by atoms with Crippen LogP contribution in [0.3, 0.4) is 0 Å². The Kier molecular flexibility index (Phi) is 3.01. The summed E-state index contributed by atoms with van der Waals surface area (Å²) in [6, 6.07) is 2.76. The predicted octanol–water partition coefficient (Wildman–Crippen LogP) is 2.86. The smallest absolute Gasteiger partial charge is 0.0684 e. The zero-order valence-corrected chi connectivity index (χ0v) is 10.2. The summed E-state index contributed by atoms with van der Waals surface area (Å²) in [6.07, 6.45) is 4.46. The van der Waals surface area contributed by atoms with Gasteiger partial charge >= 0.3 is 0 Å². The molecule has 1 aromatic rings. The molecule has 0 unspecified atom stereocenters. The van der Waals surface area contributed by atoms with Crippen molar-refractivity contribution in [2.75, 3.05) is 0 Å². The molecule has 1 N–H and O–H groups in total. The number of hydrogen-bond acceptors (Lipinski definition) is 2. The lowest BCUT2D eigenvalue weighted by Gasteiger charge is -2.04. The van der Waals surface area contributed by atoms with Crippen LogP contribution in [0.2, 0.25) is 0 Å². The minimum atomic E-state index is 0.734. The first-order valence-corrected chi connectivity index (χ1v) is 5.87. The highest BCUT2D eigenvalue weighted by molar-refractivity contribution is 9.11. The van der Waals surface area contributed by atoms with E-state index in [2.05, 4.69) is 42.2 Å². The largest absolute Gasteiger partial charge is 0.308 e. The van der Waals surface area contributed by atoms with Crippen molar-refractivity contribution in [2.24, 2.45) is 0 Å². The molecule has 0 saturated heterocycles. The summed E-state index contributed by atoms with van der Waals surface area (Å²) in [4.78, 5) is 4.32. The Morgan fingerprint density at radius 2 is 2.23 bits per heavy atom. The molecule has 1 heterocycles. The first kappa shape index (κ1) is 9.62. The van der Waals surface area contributed by atoms with Crippen LogP contribution in [0.4, 0.5) is 0 Å². The average Bonchev–Trinajstić information content (AvgIpc) is 2.86. The Hall–Kier alpha value is 0.0700. The fourth-order valence-electron chi connectivity index (χ4n) is 1.10. The van der Waals surface area contributed by atoms with Crippen molar-refractivity contribution in [3.8, 4) is 0 Å². The van der Waals surface area contributed by atoms with E-state index < -0.39 is 0 Å². The summed E-state index contributed by atoms with van der Waals surface area (Å²) in [5.41, 5.74) is 1.08. The molecule has 0 aromatic carbocycles. The second kappa shape index (κ2) is 4.07. The van der Waals surface area contributed by atoms with Gasteiger partial charge in [-0.3, -0.25) is 4.98 Å². The van der Waals surface area contributed by atoms with Gasteiger partial charge in [-0.05, 0) is 50.8 Å². The van der Waals surface area contributed by atoms with Crippen molar-refractivity contribution in [3.05, 3.63) is 26.9 Å². The fraction of sp³-hybridized carbons (Fsp3) is 0.444. The average molecular weight is 306 g/mol. The van der Waals surface area contributed by atoms with Crippen LogP contribution in [0.25, 0.3) is 0 Å². The van der Waals surface area contributed by atoms with E-state index in [9.17, 15) is 0 Å². The molecule has 0 aliphatic heterocycles. The summed E-state index contributed by atoms with van der Waals surface area (Å²) >= 11 is 6.86. The van der Waals surface area contributed by atoms with Crippen LogP contribution in [0, 0.1) is 0 Å². The molecular formula is C9H10Br2N2. The highest BCUT2D eigenvalue weighted by Gasteiger charge is 2.20. The van der Waals surface area contributed by atoms with E-state index in [1.165, 1.54) is 12.8 Å². The molecule has 0 atom stereocenters. The zero-order chi connectivity index (χ0) is 9.26. The van der Waals surface area contributed by atoms with Crippen LogP contribution < -0.4 is 5.32 Å². The Morgan fingerprint density at radius 1 is 1.46 bits per heavy atom. The van der Waals surface area contributed by atoms with Crippen LogP contribution in [0.5, 0.6) is 0 Å². The van der Waals surface area contributed by atoms with Crippen LogP contribution in [0.1, 0.15) is 18.5 Å². The van der Waals surface area contributed by atoms with Gasteiger partial charge < -0.3 is 5.32 Å². The van der Waals surface area contributed by atoms with E-state index in [1.807, 2.05) is 12.3 Å². The van der Waals surface area contributed by atoms with Crippen LogP contribution >= 0.6 is 31.9 Å². The summed E-state index contributed by atoms with van der Waals surface area (Å²) in [5.74, 6) is 0. The van der Waals surface area contributed by atoms with Gasteiger partial charge in [0.05, 0.1) is 5.69 Å². The van der Waals surface area contributed by atoms with Crippen LogP contribution in [0.15, 0.2) is 21.2 Å². The Morgan fingerprint density at radius 3 is 2.85 bits per heavy atom. The van der Waals surface area contributed by atoms with Crippen LogP contribution in [-0.2, 0) is 6.54 Å². The second-order valence-corrected chi connectivity index (χ2v) is 5.01. The lowest BCUT2D eigenvalue weighted by atomic mass is 10.3. The molecule has 0 bridgehead atoms. The maximum absolute atomic E-state index is 4.32. The first-order valence-electron chi connectivity index (χ1n) is 4.29. The Bertz CT molecular complexity index is 310. The molecule has 1 aromatic heterocycles. The van der Waals surface area contributed by atoms with E-state index in [0.29, 0.717) is 0 Å². The van der Waals surface area contributed by atoms with E-state index in [1.54, 1.807) is 0 Å². The minimum absolute atomic E-state index is 0.734. The number of pyridine rings is 1. The number of aromatic nitrogens is 1. The summed E-state index contributed by atoms with van der Waals surface area (Å²) < 4.78 is 2.07. The van der Waals surface area contributed by atoms with Crippen molar-refractivity contribution in [1.82, 2.24) is 10.3 Å². The number of nitrogens with one attached hydrogen (secondary N) is 1. The Labute approximate surface area is 94.4 Å². The van der Waals surface area contributed by atoms with Crippen molar-refractivity contribution >= 4 is 31.9 Å². The molecule has 1 fully saturated rings. The Balaban J connectivity index is 2.01. The number of rotatable bonds is 3. The number of halogens is 2. The van der Waals surface area contributed by atoms with Gasteiger partial charge in [0.15, 0.2) is 0 Å². The molecule has 0 radical (unpaired) electrons. The van der Waals surface area contributed by atoms with E-state index in [0.717, 1.165) is 27.2 Å². The maximum atomic E-state index is 4.32. The number of nitrogens with zero attached hydrogens (tertiary/aromatic N) is 1. The van der Waals surface area contributed by atoms with Gasteiger partial charge in [-0.15, -0.1) is 0 Å². The molecule has 0 spiro atoms. The molecular weight excluding hydrogens is 296 g/mol. The zero-order valence-electron chi connectivity index (χ0n) is 7.06. The van der Waals surface area contributed by atoms with Gasteiger partial charge in [-0.1, -0.05) is 0 Å². The molecule has 1 saturated carbocycles. The number of hydrogen-bond donors (Lipinski definition) is 1. The third-order valence-corrected chi connectivity index (χ3v) is 3.14. The second-order valence-electron chi connectivity index (χ2n) is 3.24. The maximum Gasteiger partial charge on any atom is 0.0684 e. The van der Waals surface area contributed by atoms with Gasteiger partial charge in [0, 0.05) is 27.7 Å². The first-order chi connectivity index (χ1) is 6.25. The lowest BCUT2D eigenvalue weighted by molar-refractivity contribution is 0.672. The SMILES string of the molecule is Brc1cnc(CNC2CC2)c(Br)c1. The van der Waals surface area contributed by atoms with E-state index in [4.69, 9.17) is 0 Å². The van der Waals surface area contributed by atoms with Crippen molar-refractivity contribution in [1.29, 1.82) is 0 Å². The van der Waals surface area contributed by atoms with Gasteiger partial charge in [-0.25, -0.2) is 0 Å². The van der Waals surface area contributed by atoms with Crippen molar-refractivity contribution in [2.45, 2.75) is 25.4 Å². The van der Waals surface area contributed by atoms with Crippen molar-refractivity contribution < 1.29 is 0 Å². The quantitative estimate of drug-likeness (QED) is 0.929.